The lowest BCUT2D eigenvalue weighted by Crippen LogP contribution is -2.55. The monoisotopic (exact) mass is 516 g/mol. The van der Waals surface area contributed by atoms with Crippen LogP contribution in [-0.2, 0) is 20.8 Å². The Hall–Kier alpha value is -3.67. The van der Waals surface area contributed by atoms with E-state index in [0.29, 0.717) is 18.4 Å². The van der Waals surface area contributed by atoms with E-state index < -0.39 is 36.4 Å². The molecular weight excluding hydrogens is 476 g/mol. The minimum Gasteiger partial charge on any atom is -0.394 e. The van der Waals surface area contributed by atoms with Gasteiger partial charge in [-0.2, -0.15) is 0 Å². The number of nitrogens with one attached hydrogen (secondary N) is 3. The van der Waals surface area contributed by atoms with Crippen LogP contribution in [0.2, 0.25) is 0 Å². The quantitative estimate of drug-likeness (QED) is 0.0889. The summed E-state index contributed by atoms with van der Waals surface area (Å²) in [4.78, 5) is 41.9. The van der Waals surface area contributed by atoms with Crippen molar-refractivity contribution < 1.29 is 19.5 Å². The highest BCUT2D eigenvalue weighted by atomic mass is 16.3. The molecule has 0 aliphatic heterocycles. The van der Waals surface area contributed by atoms with E-state index in [1.807, 2.05) is 12.1 Å². The van der Waals surface area contributed by atoms with Crippen LogP contribution in [0.4, 0.5) is 0 Å². The molecule has 0 bridgehead atoms. The minimum absolute atomic E-state index is 0.0320. The van der Waals surface area contributed by atoms with Crippen LogP contribution in [0.1, 0.15) is 56.1 Å². The Morgan fingerprint density at radius 2 is 1.59 bits per heavy atom. The van der Waals surface area contributed by atoms with Crippen LogP contribution in [0.15, 0.2) is 29.3 Å². The molecule has 3 atom stereocenters. The van der Waals surface area contributed by atoms with Gasteiger partial charge in [0.15, 0.2) is 5.96 Å². The van der Waals surface area contributed by atoms with Crippen molar-refractivity contribution >= 4 is 29.5 Å². The van der Waals surface area contributed by atoms with Crippen molar-refractivity contribution in [2.45, 2.75) is 63.5 Å². The zero-order chi connectivity index (χ0) is 27.4. The number of hydrogen-bond acceptors (Lipinski definition) is 6. The number of guanidine groups is 1. The van der Waals surface area contributed by atoms with Crippen LogP contribution in [0, 0.1) is 17.2 Å². The van der Waals surface area contributed by atoms with Crippen LogP contribution in [0.25, 0.3) is 0 Å². The number of primary amides is 1. The Kier molecular flexibility index (Phi) is 11.8. The molecule has 1 aromatic rings. The van der Waals surface area contributed by atoms with Crippen LogP contribution in [0.3, 0.4) is 0 Å². The van der Waals surface area contributed by atoms with Gasteiger partial charge in [0.1, 0.15) is 17.9 Å². The third-order valence-corrected chi connectivity index (χ3v) is 6.70. The smallest absolute Gasteiger partial charge is 0.245 e. The van der Waals surface area contributed by atoms with Crippen molar-refractivity contribution in [3.8, 4) is 0 Å². The highest BCUT2D eigenvalue weighted by molar-refractivity contribution is 5.95. The fourth-order valence-electron chi connectivity index (χ4n) is 4.62. The van der Waals surface area contributed by atoms with E-state index in [1.165, 1.54) is 0 Å². The average Bonchev–Trinajstić information content (AvgIpc) is 2.87. The molecule has 0 radical (unpaired) electrons. The first kappa shape index (κ1) is 29.6. The molecule has 1 aromatic carbocycles. The van der Waals surface area contributed by atoms with Crippen LogP contribution >= 0.6 is 0 Å². The Bertz CT molecular complexity index is 956. The predicted molar refractivity (Wildman–Crippen MR) is 141 cm³/mol. The average molecular weight is 517 g/mol. The summed E-state index contributed by atoms with van der Waals surface area (Å²) in [5.74, 6) is -2.15. The lowest BCUT2D eigenvalue weighted by atomic mass is 9.76. The van der Waals surface area contributed by atoms with Gasteiger partial charge in [-0.3, -0.25) is 24.8 Å². The summed E-state index contributed by atoms with van der Waals surface area (Å²) in [6.45, 7) is -0.375. The number of amidine groups is 1. The summed E-state index contributed by atoms with van der Waals surface area (Å²) in [5.41, 5.74) is 23.0. The SMILES string of the molecule is N=C(N)c1ccc(C[C@@H](C(=O)N[C@@H](CO)C(=O)N[C@@H](CCCN=C(N)N)C(N)=O)C2CCCCC2)cc1. The Morgan fingerprint density at radius 3 is 2.14 bits per heavy atom. The van der Waals surface area contributed by atoms with Crippen molar-refractivity contribution in [2.24, 2.45) is 39.8 Å². The molecule has 1 fully saturated rings. The van der Waals surface area contributed by atoms with Gasteiger partial charge in [0.05, 0.1) is 6.61 Å². The first-order chi connectivity index (χ1) is 17.6. The first-order valence-corrected chi connectivity index (χ1v) is 12.6. The summed E-state index contributed by atoms with van der Waals surface area (Å²) < 4.78 is 0. The summed E-state index contributed by atoms with van der Waals surface area (Å²) in [6.07, 6.45) is 6.03. The number of amides is 3. The van der Waals surface area contributed by atoms with E-state index in [0.717, 1.165) is 37.7 Å². The summed E-state index contributed by atoms with van der Waals surface area (Å²) in [5, 5.41) is 22.6. The molecule has 0 saturated heterocycles. The number of nitrogen functional groups attached to an aromatic ring is 1. The van der Waals surface area contributed by atoms with Gasteiger partial charge in [0.25, 0.3) is 0 Å². The van der Waals surface area contributed by atoms with E-state index in [2.05, 4.69) is 15.6 Å². The zero-order valence-electron chi connectivity index (χ0n) is 21.1. The molecule has 204 valence electrons. The number of nitrogens with zero attached hydrogens (tertiary/aromatic N) is 1. The number of aliphatic imine (C=N–C) groups is 1. The number of nitrogens with two attached hydrogens (primary N) is 4. The Morgan fingerprint density at radius 1 is 0.973 bits per heavy atom. The highest BCUT2D eigenvalue weighted by Crippen LogP contribution is 2.32. The minimum atomic E-state index is -1.24. The molecule has 1 aliphatic carbocycles. The van der Waals surface area contributed by atoms with Gasteiger partial charge in [0.2, 0.25) is 17.7 Å². The predicted octanol–water partition coefficient (Wildman–Crippen LogP) is -0.790. The molecule has 1 aliphatic rings. The van der Waals surface area contributed by atoms with E-state index in [9.17, 15) is 19.5 Å². The van der Waals surface area contributed by atoms with E-state index in [4.69, 9.17) is 28.3 Å². The number of benzene rings is 1. The second-order valence-corrected chi connectivity index (χ2v) is 9.48. The largest absolute Gasteiger partial charge is 0.394 e. The number of rotatable bonds is 14. The number of aliphatic hydroxyl groups excluding tert-OH is 1. The lowest BCUT2D eigenvalue weighted by Gasteiger charge is -2.31. The molecule has 0 aromatic heterocycles. The molecule has 37 heavy (non-hydrogen) atoms. The van der Waals surface area contributed by atoms with Crippen LogP contribution in [0.5, 0.6) is 0 Å². The lowest BCUT2D eigenvalue weighted by molar-refractivity contribution is -0.134. The second kappa shape index (κ2) is 14.8. The van der Waals surface area contributed by atoms with Gasteiger partial charge in [-0.25, -0.2) is 0 Å². The molecule has 0 heterocycles. The van der Waals surface area contributed by atoms with Crippen LogP contribution in [-0.4, -0.2) is 59.9 Å². The standard InChI is InChI=1S/C25H40N8O4/c26-21(27)17-10-8-15(9-11-17)13-18(16-5-2-1-3-6-16)23(36)33-20(14-34)24(37)32-19(22(28)35)7-4-12-31-25(29)30/h8-11,16,18-20,34H,1-7,12-14H2,(H3,26,27)(H2,28,35)(H,32,37)(H,33,36)(H4,29,30,31)/t18-,19+,20+/m1/s1. The Labute approximate surface area is 217 Å². The van der Waals surface area contributed by atoms with E-state index in [-0.39, 0.29) is 36.6 Å². The molecule has 1 saturated carbocycles. The van der Waals surface area contributed by atoms with Gasteiger partial charge >= 0.3 is 0 Å². The van der Waals surface area contributed by atoms with Gasteiger partial charge in [0, 0.05) is 18.0 Å². The van der Waals surface area contributed by atoms with Crippen molar-refractivity contribution in [3.63, 3.8) is 0 Å². The van der Waals surface area contributed by atoms with Crippen molar-refractivity contribution in [2.75, 3.05) is 13.2 Å². The fourth-order valence-corrected chi connectivity index (χ4v) is 4.62. The zero-order valence-corrected chi connectivity index (χ0v) is 21.1. The molecule has 2 rings (SSSR count). The summed E-state index contributed by atoms with van der Waals surface area (Å²) in [6, 6.07) is 4.94. The molecule has 0 spiro atoms. The van der Waals surface area contributed by atoms with Gasteiger partial charge in [-0.1, -0.05) is 43.5 Å². The second-order valence-electron chi connectivity index (χ2n) is 9.48. The highest BCUT2D eigenvalue weighted by Gasteiger charge is 2.33. The number of carbonyl (C=O) groups is 3. The van der Waals surface area contributed by atoms with Gasteiger partial charge < -0.3 is 38.7 Å². The van der Waals surface area contributed by atoms with Crippen molar-refractivity contribution in [3.05, 3.63) is 35.4 Å². The maximum Gasteiger partial charge on any atom is 0.245 e. The van der Waals surface area contributed by atoms with Gasteiger partial charge in [-0.05, 0) is 43.6 Å². The number of aliphatic hydroxyl groups is 1. The number of hydrogen-bond donors (Lipinski definition) is 8. The summed E-state index contributed by atoms with van der Waals surface area (Å²) >= 11 is 0. The molecule has 12 N–H and O–H groups in total. The van der Waals surface area contributed by atoms with Crippen molar-refractivity contribution in [1.82, 2.24) is 10.6 Å². The maximum absolute atomic E-state index is 13.4. The summed E-state index contributed by atoms with van der Waals surface area (Å²) in [7, 11) is 0. The molecule has 12 heteroatoms. The topological polar surface area (TPSA) is 236 Å². The molecule has 0 unspecified atom stereocenters. The first-order valence-electron chi connectivity index (χ1n) is 12.6. The van der Waals surface area contributed by atoms with E-state index >= 15 is 0 Å². The maximum atomic E-state index is 13.4. The normalized spacial score (nSPS) is 16.1. The third-order valence-electron chi connectivity index (χ3n) is 6.70. The Balaban J connectivity index is 2.09. The van der Waals surface area contributed by atoms with Gasteiger partial charge in [-0.15, -0.1) is 0 Å². The molecule has 12 nitrogen and oxygen atoms in total. The van der Waals surface area contributed by atoms with Crippen molar-refractivity contribution in [1.29, 1.82) is 5.41 Å². The van der Waals surface area contributed by atoms with E-state index in [1.54, 1.807) is 12.1 Å². The molecule has 3 amide bonds. The molecular formula is C25H40N8O4. The third kappa shape index (κ3) is 9.71. The number of carbonyl (C=O) groups excluding carboxylic acids is 3. The fraction of sp³-hybridized carbons (Fsp3) is 0.560. The van der Waals surface area contributed by atoms with Crippen LogP contribution < -0.4 is 33.6 Å².